The number of benzene rings is 1. The van der Waals surface area contributed by atoms with Gasteiger partial charge in [-0.15, -0.1) is 0 Å². The van der Waals surface area contributed by atoms with Crippen LogP contribution in [0.15, 0.2) is 29.6 Å². The number of rotatable bonds is 15. The lowest BCUT2D eigenvalue weighted by molar-refractivity contribution is -0.483. The fourth-order valence-corrected chi connectivity index (χ4v) is 5.53. The Morgan fingerprint density at radius 2 is 2.00 bits per heavy atom. The smallest absolute Gasteiger partial charge is 0.486 e. The lowest BCUT2D eigenvalue weighted by Crippen LogP contribution is -2.47. The monoisotopic (exact) mass is 570 g/mol. The van der Waals surface area contributed by atoms with Crippen LogP contribution in [0, 0.1) is 0 Å². The Bertz CT molecular complexity index is 1070. The van der Waals surface area contributed by atoms with Crippen LogP contribution in [0.5, 0.6) is 11.5 Å². The maximum atomic E-state index is 12.0. The van der Waals surface area contributed by atoms with E-state index < -0.39 is 11.8 Å². The third-order valence-electron chi connectivity index (χ3n) is 6.21. The Kier molecular flexibility index (Phi) is 13.0. The summed E-state index contributed by atoms with van der Waals surface area (Å²) < 4.78 is 21.0. The standard InChI is InChI=1S/C25H32O11P2/c1-16(6-4-8-17(2)31-14-28)7-5-9-25(3)22(38-15-32-36-30)11-19-21(33-24(29)35-37)10-18(12-26)20(13-27)23(19)34-25/h7-8,10,12-14,22,30,38H,4-6,9,11,15,37H2,1-3H3/b16-7+,17-8+. The predicted octanol–water partition coefficient (Wildman–Crippen LogP) is 5.32. The predicted molar refractivity (Wildman–Crippen MR) is 142 cm³/mol. The molecular weight excluding hydrogens is 538 g/mol. The summed E-state index contributed by atoms with van der Waals surface area (Å²) in [5.74, 6) is 0.770. The molecule has 1 N–H and O–H groups in total. The molecule has 4 atom stereocenters. The number of hydrogen-bond acceptors (Lipinski definition) is 11. The molecule has 1 aliphatic rings. The molecule has 208 valence electrons. The highest BCUT2D eigenvalue weighted by Crippen LogP contribution is 2.48. The second-order valence-corrected chi connectivity index (χ2v) is 10.4. The summed E-state index contributed by atoms with van der Waals surface area (Å²) in [6, 6.07) is 1.30. The van der Waals surface area contributed by atoms with Crippen molar-refractivity contribution in [3.8, 4) is 11.5 Å². The molecule has 1 aliphatic heterocycles. The summed E-state index contributed by atoms with van der Waals surface area (Å²) in [6.07, 6.45) is 7.06. The van der Waals surface area contributed by atoms with Gasteiger partial charge in [-0.25, -0.2) is 14.9 Å². The molecular formula is C25H32O11P2. The van der Waals surface area contributed by atoms with Crippen LogP contribution >= 0.6 is 18.0 Å². The van der Waals surface area contributed by atoms with Gasteiger partial charge < -0.3 is 18.7 Å². The van der Waals surface area contributed by atoms with E-state index >= 15 is 0 Å². The molecule has 1 aromatic carbocycles. The summed E-state index contributed by atoms with van der Waals surface area (Å²) in [5.41, 5.74) is 0.686. The fourth-order valence-electron chi connectivity index (χ4n) is 4.18. The van der Waals surface area contributed by atoms with E-state index in [4.69, 9.17) is 19.5 Å². The van der Waals surface area contributed by atoms with Crippen molar-refractivity contribution in [3.05, 3.63) is 46.2 Å². The Balaban J connectivity index is 2.34. The fraction of sp³-hybridized carbons (Fsp3) is 0.440. The Morgan fingerprint density at radius 1 is 1.24 bits per heavy atom. The van der Waals surface area contributed by atoms with Crippen LogP contribution in [0.3, 0.4) is 0 Å². The van der Waals surface area contributed by atoms with Gasteiger partial charge in [-0.1, -0.05) is 25.3 Å². The van der Waals surface area contributed by atoms with Gasteiger partial charge in [0, 0.05) is 16.8 Å². The summed E-state index contributed by atoms with van der Waals surface area (Å²) in [4.78, 5) is 50.6. The van der Waals surface area contributed by atoms with Gasteiger partial charge >= 0.3 is 6.16 Å². The lowest BCUT2D eigenvalue weighted by atomic mass is 9.85. The van der Waals surface area contributed by atoms with Gasteiger partial charge in [-0.2, -0.15) is 0 Å². The first kappa shape index (κ1) is 31.5. The van der Waals surface area contributed by atoms with Gasteiger partial charge in [-0.3, -0.25) is 14.4 Å². The Hall–Kier alpha value is -2.68. The van der Waals surface area contributed by atoms with Crippen molar-refractivity contribution in [2.75, 3.05) is 6.35 Å². The molecule has 0 radical (unpaired) electrons. The minimum atomic E-state index is -1.01. The topological polar surface area (TPSA) is 144 Å². The molecule has 0 aliphatic carbocycles. The zero-order valence-corrected chi connectivity index (χ0v) is 23.5. The van der Waals surface area contributed by atoms with Gasteiger partial charge in [0.15, 0.2) is 12.6 Å². The zero-order valence-electron chi connectivity index (χ0n) is 21.4. The number of hydrogen-bond donors (Lipinski definition) is 1. The van der Waals surface area contributed by atoms with E-state index in [9.17, 15) is 19.2 Å². The number of carbonyl (C=O) groups is 4. The normalized spacial score (nSPS) is 19.4. The van der Waals surface area contributed by atoms with Gasteiger partial charge in [0.2, 0.25) is 0 Å². The first-order valence-electron chi connectivity index (χ1n) is 11.7. The highest BCUT2D eigenvalue weighted by molar-refractivity contribution is 7.38. The van der Waals surface area contributed by atoms with Crippen LogP contribution in [-0.2, 0) is 30.4 Å². The average Bonchev–Trinajstić information content (AvgIpc) is 2.89. The molecule has 1 aromatic rings. The molecule has 0 bridgehead atoms. The first-order chi connectivity index (χ1) is 18.2. The largest absolute Gasteiger partial charge is 0.516 e. The molecule has 0 saturated carbocycles. The van der Waals surface area contributed by atoms with E-state index in [-0.39, 0.29) is 43.2 Å². The quantitative estimate of drug-likeness (QED) is 0.0337. The number of carbonyl (C=O) groups excluding carboxylic acids is 4. The molecule has 11 nitrogen and oxygen atoms in total. The molecule has 0 fully saturated rings. The molecule has 2 rings (SSSR count). The highest BCUT2D eigenvalue weighted by atomic mass is 31.1. The zero-order chi connectivity index (χ0) is 28.1. The second kappa shape index (κ2) is 15.7. The molecule has 38 heavy (non-hydrogen) atoms. The van der Waals surface area contributed by atoms with Gasteiger partial charge in [0.05, 0.1) is 15.0 Å². The van der Waals surface area contributed by atoms with Crippen molar-refractivity contribution in [1.82, 2.24) is 0 Å². The maximum Gasteiger partial charge on any atom is 0.516 e. The van der Waals surface area contributed by atoms with E-state index in [2.05, 4.69) is 20.5 Å². The number of aldehydes is 2. The number of fused-ring (bicyclic) bond motifs is 1. The van der Waals surface area contributed by atoms with Crippen LogP contribution in [0.4, 0.5) is 4.79 Å². The van der Waals surface area contributed by atoms with Crippen molar-refractivity contribution in [2.45, 2.75) is 64.1 Å². The van der Waals surface area contributed by atoms with Crippen LogP contribution in [0.2, 0.25) is 0 Å². The average molecular weight is 570 g/mol. The van der Waals surface area contributed by atoms with Gasteiger partial charge in [0.1, 0.15) is 29.2 Å². The minimum Gasteiger partial charge on any atom is -0.486 e. The molecule has 13 heteroatoms. The third-order valence-corrected chi connectivity index (χ3v) is 7.99. The first-order valence-corrected chi connectivity index (χ1v) is 13.4. The molecule has 0 aromatic heterocycles. The second-order valence-electron chi connectivity index (χ2n) is 8.76. The SMILES string of the molecule is C/C(=C\CCC1(C)Oc2c(C=O)c(C=O)cc(OC(=O)OP)c2CC1PCOOO)CC/C=C(\C)OC=O. The van der Waals surface area contributed by atoms with Crippen LogP contribution in [0.1, 0.15) is 72.7 Å². The van der Waals surface area contributed by atoms with E-state index in [1.165, 1.54) is 6.07 Å². The third kappa shape index (κ3) is 8.68. The van der Waals surface area contributed by atoms with Gasteiger partial charge in [-0.05, 0) is 65.0 Å². The number of allylic oxidation sites excluding steroid dienone is 4. The molecule has 0 saturated heterocycles. The highest BCUT2D eigenvalue weighted by Gasteiger charge is 2.43. The van der Waals surface area contributed by atoms with Crippen molar-refractivity contribution < 1.29 is 53.1 Å². The maximum absolute atomic E-state index is 12.0. The minimum absolute atomic E-state index is 0.0169. The van der Waals surface area contributed by atoms with Crippen molar-refractivity contribution >= 4 is 43.2 Å². The Labute approximate surface area is 224 Å². The van der Waals surface area contributed by atoms with Crippen molar-refractivity contribution in [3.63, 3.8) is 0 Å². The molecule has 0 amide bonds. The summed E-state index contributed by atoms with van der Waals surface area (Å²) in [7, 11) is 1.89. The number of ether oxygens (including phenoxy) is 3. The van der Waals surface area contributed by atoms with Crippen molar-refractivity contribution in [1.29, 1.82) is 0 Å². The summed E-state index contributed by atoms with van der Waals surface area (Å²) in [5, 5.41) is 12.3. The molecule has 0 spiro atoms. The van der Waals surface area contributed by atoms with Crippen LogP contribution in [0.25, 0.3) is 0 Å². The molecule has 4 unspecified atom stereocenters. The lowest BCUT2D eigenvalue weighted by Gasteiger charge is -2.43. The molecule has 1 heterocycles. The van der Waals surface area contributed by atoms with E-state index in [0.717, 1.165) is 12.0 Å². The van der Waals surface area contributed by atoms with Gasteiger partial charge in [0.25, 0.3) is 6.47 Å². The summed E-state index contributed by atoms with van der Waals surface area (Å²) >= 11 is 0. The summed E-state index contributed by atoms with van der Waals surface area (Å²) in [6.45, 7) is 6.01. The Morgan fingerprint density at radius 3 is 2.63 bits per heavy atom. The van der Waals surface area contributed by atoms with Crippen molar-refractivity contribution in [2.24, 2.45) is 0 Å². The van der Waals surface area contributed by atoms with Crippen LogP contribution < -0.4 is 9.47 Å². The van der Waals surface area contributed by atoms with Crippen LogP contribution in [-0.4, -0.2) is 48.1 Å². The van der Waals surface area contributed by atoms with E-state index in [1.54, 1.807) is 16.4 Å². The van der Waals surface area contributed by atoms with E-state index in [0.29, 0.717) is 56.1 Å². The van der Waals surface area contributed by atoms with E-state index in [1.807, 2.05) is 19.9 Å².